The van der Waals surface area contributed by atoms with Crippen LogP contribution in [0.25, 0.3) is 11.4 Å². The molecule has 8 nitrogen and oxygen atoms in total. The highest BCUT2D eigenvalue weighted by molar-refractivity contribution is 6.30. The van der Waals surface area contributed by atoms with Gasteiger partial charge in [0, 0.05) is 10.6 Å². The molecule has 1 N–H and O–H groups in total. The summed E-state index contributed by atoms with van der Waals surface area (Å²) in [7, 11) is 0. The first-order valence-electron chi connectivity index (χ1n) is 9.41. The van der Waals surface area contributed by atoms with Crippen molar-refractivity contribution in [3.05, 3.63) is 53.4 Å². The molecule has 9 heteroatoms. The molecule has 156 valence electrons. The van der Waals surface area contributed by atoms with E-state index in [-0.39, 0.29) is 25.2 Å². The summed E-state index contributed by atoms with van der Waals surface area (Å²) in [6, 6.07) is 11.7. The molecule has 0 aliphatic carbocycles. The number of benzene rings is 2. The van der Waals surface area contributed by atoms with Gasteiger partial charge in [0.2, 0.25) is 18.5 Å². The Morgan fingerprint density at radius 1 is 1.17 bits per heavy atom. The maximum Gasteiger partial charge on any atom is 0.258 e. The van der Waals surface area contributed by atoms with Crippen molar-refractivity contribution in [1.29, 1.82) is 0 Å². The van der Waals surface area contributed by atoms with Gasteiger partial charge in [0.15, 0.2) is 18.1 Å². The maximum absolute atomic E-state index is 12.4. The van der Waals surface area contributed by atoms with Crippen molar-refractivity contribution in [3.63, 3.8) is 0 Å². The molecule has 0 saturated heterocycles. The number of hydrogen-bond acceptors (Lipinski definition) is 7. The number of fused-ring (bicyclic) bond motifs is 1. The van der Waals surface area contributed by atoms with Crippen molar-refractivity contribution < 1.29 is 23.5 Å². The van der Waals surface area contributed by atoms with Crippen molar-refractivity contribution in [2.45, 2.75) is 19.9 Å². The van der Waals surface area contributed by atoms with E-state index in [1.54, 1.807) is 36.4 Å². The standard InChI is InChI=1S/C21H20ClN3O5/c1-12(2)19(23-18(26)10-27-15-6-4-14(22)5-7-15)21-24-20(25-30-21)13-3-8-16-17(9-13)29-11-28-16/h3-9,12,19H,10-11H2,1-2H3,(H,23,26)/t19-/m0/s1. The predicted molar refractivity (Wildman–Crippen MR) is 109 cm³/mol. The van der Waals surface area contributed by atoms with Gasteiger partial charge in [-0.3, -0.25) is 4.79 Å². The van der Waals surface area contributed by atoms with Gasteiger partial charge in [-0.25, -0.2) is 0 Å². The molecule has 1 aromatic heterocycles. The molecule has 0 fully saturated rings. The topological polar surface area (TPSA) is 95.7 Å². The minimum atomic E-state index is -0.457. The Hall–Kier alpha value is -3.26. The smallest absolute Gasteiger partial charge is 0.258 e. The minimum absolute atomic E-state index is 0.0227. The molecule has 0 saturated carbocycles. The number of nitrogens with one attached hydrogen (secondary N) is 1. The van der Waals surface area contributed by atoms with Crippen LogP contribution in [0.15, 0.2) is 47.0 Å². The molecule has 0 radical (unpaired) electrons. The van der Waals surface area contributed by atoms with Crippen LogP contribution >= 0.6 is 11.6 Å². The Morgan fingerprint density at radius 2 is 1.93 bits per heavy atom. The van der Waals surface area contributed by atoms with Crippen molar-refractivity contribution in [3.8, 4) is 28.6 Å². The Labute approximate surface area is 178 Å². The summed E-state index contributed by atoms with van der Waals surface area (Å²) in [4.78, 5) is 16.9. The number of halogens is 1. The summed E-state index contributed by atoms with van der Waals surface area (Å²) in [6.07, 6.45) is 0. The first-order chi connectivity index (χ1) is 14.5. The van der Waals surface area contributed by atoms with Crippen LogP contribution < -0.4 is 19.5 Å². The van der Waals surface area contributed by atoms with Crippen molar-refractivity contribution in [1.82, 2.24) is 15.5 Å². The summed E-state index contributed by atoms with van der Waals surface area (Å²) in [5.74, 6) is 2.31. The van der Waals surface area contributed by atoms with E-state index in [2.05, 4.69) is 15.5 Å². The fraction of sp³-hybridized carbons (Fsp3) is 0.286. The zero-order valence-corrected chi connectivity index (χ0v) is 17.2. The zero-order valence-electron chi connectivity index (χ0n) is 16.4. The molecular formula is C21H20ClN3O5. The van der Waals surface area contributed by atoms with Gasteiger partial charge >= 0.3 is 0 Å². The Bertz CT molecular complexity index is 1040. The Balaban J connectivity index is 1.43. The van der Waals surface area contributed by atoms with Gasteiger partial charge < -0.3 is 24.1 Å². The highest BCUT2D eigenvalue weighted by atomic mass is 35.5. The van der Waals surface area contributed by atoms with Crippen LogP contribution in [0.3, 0.4) is 0 Å². The molecule has 0 spiro atoms. The highest BCUT2D eigenvalue weighted by Gasteiger charge is 2.25. The number of amides is 1. The monoisotopic (exact) mass is 429 g/mol. The third-order valence-corrected chi connectivity index (χ3v) is 4.76. The molecule has 1 amide bonds. The van der Waals surface area contributed by atoms with Crippen LogP contribution in [0.2, 0.25) is 5.02 Å². The van der Waals surface area contributed by atoms with E-state index in [4.69, 9.17) is 30.3 Å². The van der Waals surface area contributed by atoms with E-state index in [0.717, 1.165) is 5.56 Å². The molecule has 0 bridgehead atoms. The van der Waals surface area contributed by atoms with Crippen LogP contribution in [0.4, 0.5) is 0 Å². The summed E-state index contributed by atoms with van der Waals surface area (Å²) >= 11 is 5.85. The van der Waals surface area contributed by atoms with E-state index >= 15 is 0 Å². The number of carbonyl (C=O) groups is 1. The second-order valence-corrected chi connectivity index (χ2v) is 7.49. The predicted octanol–water partition coefficient (Wildman–Crippen LogP) is 4.01. The highest BCUT2D eigenvalue weighted by Crippen LogP contribution is 2.35. The van der Waals surface area contributed by atoms with E-state index in [1.165, 1.54) is 0 Å². The lowest BCUT2D eigenvalue weighted by Gasteiger charge is -2.18. The third kappa shape index (κ3) is 4.49. The van der Waals surface area contributed by atoms with Crippen LogP contribution in [0.5, 0.6) is 17.2 Å². The lowest BCUT2D eigenvalue weighted by atomic mass is 10.0. The summed E-state index contributed by atoms with van der Waals surface area (Å²) in [6.45, 7) is 3.95. The van der Waals surface area contributed by atoms with Gasteiger partial charge in [0.1, 0.15) is 11.8 Å². The fourth-order valence-corrected chi connectivity index (χ4v) is 3.05. The van der Waals surface area contributed by atoms with E-state index in [9.17, 15) is 4.79 Å². The Morgan fingerprint density at radius 3 is 2.70 bits per heavy atom. The molecule has 1 atom stereocenters. The molecule has 4 rings (SSSR count). The number of aromatic nitrogens is 2. The largest absolute Gasteiger partial charge is 0.484 e. The minimum Gasteiger partial charge on any atom is -0.484 e. The summed E-state index contributed by atoms with van der Waals surface area (Å²) in [5.41, 5.74) is 0.731. The number of ether oxygens (including phenoxy) is 3. The molecule has 0 unspecified atom stereocenters. The molecule has 1 aliphatic rings. The number of carbonyl (C=O) groups excluding carboxylic acids is 1. The molecular weight excluding hydrogens is 410 g/mol. The number of nitrogens with zero attached hydrogens (tertiary/aromatic N) is 2. The van der Waals surface area contributed by atoms with Crippen LogP contribution in [-0.2, 0) is 4.79 Å². The molecule has 2 heterocycles. The maximum atomic E-state index is 12.4. The average molecular weight is 430 g/mol. The van der Waals surface area contributed by atoms with Gasteiger partial charge in [-0.15, -0.1) is 0 Å². The summed E-state index contributed by atoms with van der Waals surface area (Å²) < 4.78 is 21.6. The lowest BCUT2D eigenvalue weighted by Crippen LogP contribution is -2.35. The SMILES string of the molecule is CC(C)[C@H](NC(=O)COc1ccc(Cl)cc1)c1nc(-c2ccc3c(c2)OCO3)no1. The number of rotatable bonds is 7. The third-order valence-electron chi connectivity index (χ3n) is 4.51. The van der Waals surface area contributed by atoms with E-state index in [1.807, 2.05) is 19.9 Å². The van der Waals surface area contributed by atoms with Gasteiger partial charge in [-0.1, -0.05) is 30.6 Å². The van der Waals surface area contributed by atoms with E-state index < -0.39 is 6.04 Å². The van der Waals surface area contributed by atoms with Gasteiger partial charge in [0.05, 0.1) is 0 Å². The van der Waals surface area contributed by atoms with Crippen molar-refractivity contribution in [2.24, 2.45) is 5.92 Å². The molecule has 2 aromatic carbocycles. The van der Waals surface area contributed by atoms with Crippen LogP contribution in [0, 0.1) is 5.92 Å². The molecule has 3 aromatic rings. The molecule has 30 heavy (non-hydrogen) atoms. The average Bonchev–Trinajstić information content (AvgIpc) is 3.40. The fourth-order valence-electron chi connectivity index (χ4n) is 2.92. The number of hydrogen-bond donors (Lipinski definition) is 1. The second kappa shape index (κ2) is 8.62. The summed E-state index contributed by atoms with van der Waals surface area (Å²) in [5, 5.41) is 7.54. The molecule has 1 aliphatic heterocycles. The second-order valence-electron chi connectivity index (χ2n) is 7.06. The van der Waals surface area contributed by atoms with Gasteiger partial charge in [-0.2, -0.15) is 4.98 Å². The van der Waals surface area contributed by atoms with Crippen LogP contribution in [-0.4, -0.2) is 29.4 Å². The van der Waals surface area contributed by atoms with Crippen LogP contribution in [0.1, 0.15) is 25.8 Å². The first kappa shape index (κ1) is 20.0. The first-order valence-corrected chi connectivity index (χ1v) is 9.79. The van der Waals surface area contributed by atoms with Crippen molar-refractivity contribution in [2.75, 3.05) is 13.4 Å². The normalized spacial score (nSPS) is 13.3. The van der Waals surface area contributed by atoms with E-state index in [0.29, 0.717) is 34.0 Å². The van der Waals surface area contributed by atoms with Crippen molar-refractivity contribution >= 4 is 17.5 Å². The zero-order chi connectivity index (χ0) is 21.1. The quantitative estimate of drug-likeness (QED) is 0.606. The Kier molecular flexibility index (Phi) is 5.76. The van der Waals surface area contributed by atoms with Gasteiger partial charge in [0.25, 0.3) is 5.91 Å². The van der Waals surface area contributed by atoms with Gasteiger partial charge in [-0.05, 0) is 48.4 Å². The lowest BCUT2D eigenvalue weighted by molar-refractivity contribution is -0.124.